The molecule has 4 heteroatoms. The summed E-state index contributed by atoms with van der Waals surface area (Å²) < 4.78 is 10.7. The normalized spacial score (nSPS) is 10.1. The van der Waals surface area contributed by atoms with E-state index in [-0.39, 0.29) is 0 Å². The Morgan fingerprint density at radius 1 is 1.40 bits per heavy atom. The van der Waals surface area contributed by atoms with Gasteiger partial charge in [-0.15, -0.1) is 0 Å². The SMILES string of the molecule is CCOc1c(OC)ccc(Cl)c1CCN. The third kappa shape index (κ3) is 2.76. The lowest BCUT2D eigenvalue weighted by Crippen LogP contribution is -2.07. The molecule has 0 aromatic heterocycles. The van der Waals surface area contributed by atoms with Crippen molar-refractivity contribution in [1.29, 1.82) is 0 Å². The molecular formula is C11H16ClNO2. The van der Waals surface area contributed by atoms with Gasteiger partial charge in [0.1, 0.15) is 0 Å². The van der Waals surface area contributed by atoms with Gasteiger partial charge in [-0.3, -0.25) is 0 Å². The van der Waals surface area contributed by atoms with Crippen LogP contribution in [0.25, 0.3) is 0 Å². The zero-order valence-corrected chi connectivity index (χ0v) is 9.80. The maximum Gasteiger partial charge on any atom is 0.165 e. The highest BCUT2D eigenvalue weighted by Gasteiger charge is 2.13. The van der Waals surface area contributed by atoms with Crippen LogP contribution < -0.4 is 15.2 Å². The monoisotopic (exact) mass is 229 g/mol. The minimum Gasteiger partial charge on any atom is -0.493 e. The summed E-state index contributed by atoms with van der Waals surface area (Å²) in [7, 11) is 1.61. The van der Waals surface area contributed by atoms with Crippen LogP contribution in [-0.4, -0.2) is 20.3 Å². The Morgan fingerprint density at radius 2 is 2.13 bits per heavy atom. The zero-order chi connectivity index (χ0) is 11.3. The zero-order valence-electron chi connectivity index (χ0n) is 9.05. The van der Waals surface area contributed by atoms with Crippen molar-refractivity contribution in [3.8, 4) is 11.5 Å². The number of nitrogens with two attached hydrogens (primary N) is 1. The van der Waals surface area contributed by atoms with Crippen LogP contribution in [0.2, 0.25) is 5.02 Å². The molecule has 0 amide bonds. The summed E-state index contributed by atoms with van der Waals surface area (Å²) >= 11 is 6.08. The van der Waals surface area contributed by atoms with E-state index < -0.39 is 0 Å². The van der Waals surface area contributed by atoms with Crippen molar-refractivity contribution in [3.05, 3.63) is 22.7 Å². The van der Waals surface area contributed by atoms with Gasteiger partial charge in [0, 0.05) is 10.6 Å². The molecule has 0 aliphatic rings. The Kier molecular flexibility index (Phi) is 4.72. The first-order valence-corrected chi connectivity index (χ1v) is 5.30. The van der Waals surface area contributed by atoms with Gasteiger partial charge >= 0.3 is 0 Å². The van der Waals surface area contributed by atoms with Crippen molar-refractivity contribution in [3.63, 3.8) is 0 Å². The topological polar surface area (TPSA) is 44.5 Å². The third-order valence-electron chi connectivity index (χ3n) is 2.07. The molecule has 0 spiro atoms. The predicted molar refractivity (Wildman–Crippen MR) is 61.9 cm³/mol. The van der Waals surface area contributed by atoms with Crippen molar-refractivity contribution in [2.45, 2.75) is 13.3 Å². The van der Waals surface area contributed by atoms with E-state index in [1.807, 2.05) is 6.92 Å². The lowest BCUT2D eigenvalue weighted by molar-refractivity contribution is 0.307. The van der Waals surface area contributed by atoms with Crippen LogP contribution in [0.5, 0.6) is 11.5 Å². The van der Waals surface area contributed by atoms with Gasteiger partial charge in [0.2, 0.25) is 0 Å². The molecule has 0 saturated carbocycles. The fraction of sp³-hybridized carbons (Fsp3) is 0.455. The van der Waals surface area contributed by atoms with Crippen molar-refractivity contribution in [2.24, 2.45) is 5.73 Å². The average Bonchev–Trinajstić information content (AvgIpc) is 2.24. The molecule has 0 fully saturated rings. The fourth-order valence-electron chi connectivity index (χ4n) is 1.42. The van der Waals surface area contributed by atoms with E-state index in [0.29, 0.717) is 36.1 Å². The molecule has 15 heavy (non-hydrogen) atoms. The molecule has 3 nitrogen and oxygen atoms in total. The molecule has 0 unspecified atom stereocenters. The van der Waals surface area contributed by atoms with Gasteiger partial charge in [-0.1, -0.05) is 11.6 Å². The number of rotatable bonds is 5. The van der Waals surface area contributed by atoms with E-state index in [1.54, 1.807) is 19.2 Å². The van der Waals surface area contributed by atoms with E-state index in [2.05, 4.69) is 0 Å². The molecule has 0 atom stereocenters. The second-order valence-electron chi connectivity index (χ2n) is 3.03. The number of ether oxygens (including phenoxy) is 2. The molecule has 0 aliphatic heterocycles. The van der Waals surface area contributed by atoms with Crippen molar-refractivity contribution in [2.75, 3.05) is 20.3 Å². The van der Waals surface area contributed by atoms with Crippen molar-refractivity contribution in [1.82, 2.24) is 0 Å². The maximum absolute atomic E-state index is 6.08. The van der Waals surface area contributed by atoms with Gasteiger partial charge in [0.05, 0.1) is 13.7 Å². The van der Waals surface area contributed by atoms with Crippen LogP contribution in [0, 0.1) is 0 Å². The van der Waals surface area contributed by atoms with Crippen LogP contribution >= 0.6 is 11.6 Å². The highest BCUT2D eigenvalue weighted by molar-refractivity contribution is 6.31. The summed E-state index contributed by atoms with van der Waals surface area (Å²) in [6.07, 6.45) is 0.686. The molecule has 0 saturated heterocycles. The van der Waals surface area contributed by atoms with Gasteiger partial charge in [0.25, 0.3) is 0 Å². The molecule has 1 rings (SSSR count). The quantitative estimate of drug-likeness (QED) is 0.842. The standard InChI is InChI=1S/C11H16ClNO2/c1-3-15-11-8(6-7-13)9(12)4-5-10(11)14-2/h4-5H,3,6-7,13H2,1-2H3. The van der Waals surface area contributed by atoms with Crippen LogP contribution in [0.3, 0.4) is 0 Å². The molecule has 1 aromatic rings. The smallest absolute Gasteiger partial charge is 0.165 e. The summed E-state index contributed by atoms with van der Waals surface area (Å²) in [5.74, 6) is 1.41. The third-order valence-corrected chi connectivity index (χ3v) is 2.42. The van der Waals surface area contributed by atoms with E-state index in [1.165, 1.54) is 0 Å². The highest BCUT2D eigenvalue weighted by atomic mass is 35.5. The summed E-state index contributed by atoms with van der Waals surface area (Å²) in [4.78, 5) is 0. The van der Waals surface area contributed by atoms with Crippen molar-refractivity contribution >= 4 is 11.6 Å². The largest absolute Gasteiger partial charge is 0.493 e. The number of methoxy groups -OCH3 is 1. The maximum atomic E-state index is 6.08. The minimum absolute atomic E-state index is 0.535. The fourth-order valence-corrected chi connectivity index (χ4v) is 1.67. The van der Waals surface area contributed by atoms with Gasteiger partial charge in [-0.25, -0.2) is 0 Å². The van der Waals surface area contributed by atoms with Gasteiger partial charge in [0.15, 0.2) is 11.5 Å². The van der Waals surface area contributed by atoms with Crippen LogP contribution in [0.15, 0.2) is 12.1 Å². The van der Waals surface area contributed by atoms with Gasteiger partial charge < -0.3 is 15.2 Å². The molecule has 0 radical (unpaired) electrons. The van der Waals surface area contributed by atoms with Gasteiger partial charge in [-0.05, 0) is 32.0 Å². The molecular weight excluding hydrogens is 214 g/mol. The van der Waals surface area contributed by atoms with E-state index in [0.717, 1.165) is 5.56 Å². The van der Waals surface area contributed by atoms with Crippen LogP contribution in [0.1, 0.15) is 12.5 Å². The Balaban J connectivity index is 3.17. The molecule has 2 N–H and O–H groups in total. The molecule has 84 valence electrons. The lowest BCUT2D eigenvalue weighted by atomic mass is 10.1. The van der Waals surface area contributed by atoms with E-state index in [9.17, 15) is 0 Å². The number of hydrogen-bond acceptors (Lipinski definition) is 3. The summed E-state index contributed by atoms with van der Waals surface area (Å²) in [5.41, 5.74) is 6.45. The summed E-state index contributed by atoms with van der Waals surface area (Å²) in [6.45, 7) is 3.04. The minimum atomic E-state index is 0.535. The average molecular weight is 230 g/mol. The second kappa shape index (κ2) is 5.83. The van der Waals surface area contributed by atoms with Crippen LogP contribution in [0.4, 0.5) is 0 Å². The molecule has 1 aromatic carbocycles. The first kappa shape index (κ1) is 12.1. The first-order chi connectivity index (χ1) is 7.24. The molecule has 0 bridgehead atoms. The summed E-state index contributed by atoms with van der Waals surface area (Å²) in [5, 5.41) is 0.671. The Bertz CT molecular complexity index is 329. The van der Waals surface area contributed by atoms with Gasteiger partial charge in [-0.2, -0.15) is 0 Å². The lowest BCUT2D eigenvalue weighted by Gasteiger charge is -2.14. The highest BCUT2D eigenvalue weighted by Crippen LogP contribution is 2.36. The second-order valence-corrected chi connectivity index (χ2v) is 3.44. The molecule has 0 heterocycles. The van der Waals surface area contributed by atoms with E-state index in [4.69, 9.17) is 26.8 Å². The predicted octanol–water partition coefficient (Wildman–Crippen LogP) is 2.25. The number of halogens is 1. The Morgan fingerprint density at radius 3 is 2.67 bits per heavy atom. The Labute approximate surface area is 95.1 Å². The van der Waals surface area contributed by atoms with Crippen molar-refractivity contribution < 1.29 is 9.47 Å². The Hall–Kier alpha value is -0.930. The first-order valence-electron chi connectivity index (χ1n) is 4.92. The summed E-state index contributed by atoms with van der Waals surface area (Å²) in [6, 6.07) is 3.60. The number of hydrogen-bond donors (Lipinski definition) is 1. The number of benzene rings is 1. The van der Waals surface area contributed by atoms with E-state index >= 15 is 0 Å². The molecule has 0 aliphatic carbocycles. The van der Waals surface area contributed by atoms with Crippen LogP contribution in [-0.2, 0) is 6.42 Å².